The largest absolute Gasteiger partial charge is 0.309 e. The number of nitrogens with zero attached hydrogens (tertiary/aromatic N) is 2. The Morgan fingerprint density at radius 2 is 1.02 bits per heavy atom. The lowest BCUT2D eigenvalue weighted by molar-refractivity contribution is 1.13. The van der Waals surface area contributed by atoms with E-state index in [0.717, 1.165) is 15.8 Å². The summed E-state index contributed by atoms with van der Waals surface area (Å²) in [5.74, 6) is 0. The van der Waals surface area contributed by atoms with Crippen molar-refractivity contribution in [1.29, 1.82) is 0 Å². The molecular weight excluding hydrogens is 564 g/mol. The highest BCUT2D eigenvalue weighted by molar-refractivity contribution is 9.10. The van der Waals surface area contributed by atoms with E-state index in [1.54, 1.807) is 0 Å². The zero-order chi connectivity index (χ0) is 27.3. The summed E-state index contributed by atoms with van der Waals surface area (Å²) in [7, 11) is 0. The molecule has 8 aromatic rings. The SMILES string of the molecule is Brc1ccccc1-n1c2cc(-c3ccccc3)ccc2c2ccc(-c3cc4ccccc4n3-c3ccccc3)cc21. The standard InChI is InChI=1S/C38H25BrN2/c39-33-16-8-10-18-35(33)41-37-23-27(26-11-3-1-4-12-26)19-21-31(37)32-22-20-29(25-38(32)41)36-24-28-13-7-9-17-34(28)40(36)30-14-5-2-6-15-30/h1-25H. The normalized spacial score (nSPS) is 11.5. The summed E-state index contributed by atoms with van der Waals surface area (Å²) in [6.45, 7) is 0. The lowest BCUT2D eigenvalue weighted by atomic mass is 10.0. The molecule has 0 amide bonds. The van der Waals surface area contributed by atoms with Gasteiger partial charge in [0.2, 0.25) is 0 Å². The second-order valence-electron chi connectivity index (χ2n) is 10.4. The molecule has 2 nitrogen and oxygen atoms in total. The van der Waals surface area contributed by atoms with Gasteiger partial charge in [0.15, 0.2) is 0 Å². The fourth-order valence-electron chi connectivity index (χ4n) is 6.10. The average Bonchev–Trinajstić information content (AvgIpc) is 3.58. The zero-order valence-electron chi connectivity index (χ0n) is 22.2. The number of hydrogen-bond donors (Lipinski definition) is 0. The molecule has 0 atom stereocenters. The number of fused-ring (bicyclic) bond motifs is 4. The van der Waals surface area contributed by atoms with Crippen molar-refractivity contribution >= 4 is 48.6 Å². The Hall–Kier alpha value is -4.86. The van der Waals surface area contributed by atoms with E-state index in [0.29, 0.717) is 0 Å². The van der Waals surface area contributed by atoms with Gasteiger partial charge in [0.1, 0.15) is 0 Å². The van der Waals surface area contributed by atoms with E-state index < -0.39 is 0 Å². The summed E-state index contributed by atoms with van der Waals surface area (Å²) < 4.78 is 5.84. The number of benzene rings is 6. The molecule has 0 radical (unpaired) electrons. The quantitative estimate of drug-likeness (QED) is 0.193. The van der Waals surface area contributed by atoms with Crippen LogP contribution in [0.25, 0.3) is 66.5 Å². The molecular formula is C38H25BrN2. The van der Waals surface area contributed by atoms with Crippen LogP contribution in [0.1, 0.15) is 0 Å². The molecule has 0 N–H and O–H groups in total. The first-order valence-corrected chi connectivity index (χ1v) is 14.6. The maximum Gasteiger partial charge on any atom is 0.0604 e. The van der Waals surface area contributed by atoms with Gasteiger partial charge in [-0.25, -0.2) is 0 Å². The Labute approximate surface area is 246 Å². The van der Waals surface area contributed by atoms with E-state index in [2.05, 4.69) is 177 Å². The molecule has 0 fully saturated rings. The monoisotopic (exact) mass is 588 g/mol. The van der Waals surface area contributed by atoms with Gasteiger partial charge in [-0.05, 0) is 75.6 Å². The predicted octanol–water partition coefficient (Wildman–Crippen LogP) is 10.8. The highest BCUT2D eigenvalue weighted by atomic mass is 79.9. The van der Waals surface area contributed by atoms with E-state index in [1.807, 2.05) is 0 Å². The van der Waals surface area contributed by atoms with Gasteiger partial charge < -0.3 is 9.13 Å². The van der Waals surface area contributed by atoms with Crippen LogP contribution in [0.5, 0.6) is 0 Å². The Bertz CT molecular complexity index is 2210. The van der Waals surface area contributed by atoms with Gasteiger partial charge >= 0.3 is 0 Å². The van der Waals surface area contributed by atoms with Crippen molar-refractivity contribution in [3.05, 3.63) is 156 Å². The van der Waals surface area contributed by atoms with Crippen molar-refractivity contribution < 1.29 is 0 Å². The van der Waals surface area contributed by atoms with Crippen LogP contribution in [0.15, 0.2) is 156 Å². The number of halogens is 1. The lowest BCUT2D eigenvalue weighted by Gasteiger charge is -2.13. The molecule has 3 heteroatoms. The lowest BCUT2D eigenvalue weighted by Crippen LogP contribution is -1.98. The van der Waals surface area contributed by atoms with Gasteiger partial charge in [-0.3, -0.25) is 0 Å². The minimum atomic E-state index is 1.06. The zero-order valence-corrected chi connectivity index (χ0v) is 23.8. The van der Waals surface area contributed by atoms with Crippen LogP contribution < -0.4 is 0 Å². The molecule has 0 bridgehead atoms. The van der Waals surface area contributed by atoms with Gasteiger partial charge in [-0.2, -0.15) is 0 Å². The molecule has 0 spiro atoms. The summed E-state index contributed by atoms with van der Waals surface area (Å²) in [5, 5.41) is 3.71. The van der Waals surface area contributed by atoms with Crippen molar-refractivity contribution in [3.63, 3.8) is 0 Å². The van der Waals surface area contributed by atoms with E-state index in [-0.39, 0.29) is 0 Å². The van der Waals surface area contributed by atoms with Gasteiger partial charge in [-0.1, -0.05) is 103 Å². The maximum atomic E-state index is 3.86. The van der Waals surface area contributed by atoms with Crippen molar-refractivity contribution in [2.24, 2.45) is 0 Å². The smallest absolute Gasteiger partial charge is 0.0604 e. The van der Waals surface area contributed by atoms with Crippen LogP contribution in [-0.2, 0) is 0 Å². The van der Waals surface area contributed by atoms with Gasteiger partial charge in [0.25, 0.3) is 0 Å². The molecule has 0 unspecified atom stereocenters. The predicted molar refractivity (Wildman–Crippen MR) is 176 cm³/mol. The Balaban J connectivity index is 1.44. The number of hydrogen-bond acceptors (Lipinski definition) is 0. The summed E-state index contributed by atoms with van der Waals surface area (Å²) >= 11 is 3.86. The average molecular weight is 590 g/mol. The summed E-state index contributed by atoms with van der Waals surface area (Å²) in [4.78, 5) is 0. The topological polar surface area (TPSA) is 9.86 Å². The number of aromatic nitrogens is 2. The van der Waals surface area contributed by atoms with E-state index in [9.17, 15) is 0 Å². The Morgan fingerprint density at radius 1 is 0.415 bits per heavy atom. The Kier molecular flexibility index (Phi) is 5.65. The van der Waals surface area contributed by atoms with Crippen LogP contribution in [0.4, 0.5) is 0 Å². The number of para-hydroxylation sites is 3. The van der Waals surface area contributed by atoms with Crippen LogP contribution in [0.2, 0.25) is 0 Å². The molecule has 41 heavy (non-hydrogen) atoms. The Morgan fingerprint density at radius 3 is 1.78 bits per heavy atom. The van der Waals surface area contributed by atoms with Crippen LogP contribution in [0.3, 0.4) is 0 Å². The minimum Gasteiger partial charge on any atom is -0.309 e. The van der Waals surface area contributed by atoms with E-state index >= 15 is 0 Å². The first-order chi connectivity index (χ1) is 20.3. The van der Waals surface area contributed by atoms with Crippen LogP contribution in [0, 0.1) is 0 Å². The second-order valence-corrected chi connectivity index (χ2v) is 11.2. The van der Waals surface area contributed by atoms with Crippen molar-refractivity contribution in [3.8, 4) is 33.8 Å². The van der Waals surface area contributed by atoms with E-state index in [1.165, 1.54) is 55.1 Å². The second kappa shape index (κ2) is 9.65. The first kappa shape index (κ1) is 24.0. The third-order valence-corrected chi connectivity index (χ3v) is 8.66. The summed E-state index contributed by atoms with van der Waals surface area (Å²) in [5.41, 5.74) is 10.6. The molecule has 0 aliphatic heterocycles. The molecule has 2 heterocycles. The van der Waals surface area contributed by atoms with Crippen molar-refractivity contribution in [2.75, 3.05) is 0 Å². The molecule has 0 saturated heterocycles. The highest BCUT2D eigenvalue weighted by Crippen LogP contribution is 2.39. The van der Waals surface area contributed by atoms with Crippen molar-refractivity contribution in [2.45, 2.75) is 0 Å². The summed E-state index contributed by atoms with van der Waals surface area (Å²) in [6, 6.07) is 54.4. The third kappa shape index (κ3) is 3.93. The molecule has 0 aliphatic carbocycles. The molecule has 6 aromatic carbocycles. The van der Waals surface area contributed by atoms with Gasteiger partial charge in [-0.15, -0.1) is 0 Å². The molecule has 194 valence electrons. The van der Waals surface area contributed by atoms with Gasteiger partial charge in [0, 0.05) is 31.9 Å². The fourth-order valence-corrected chi connectivity index (χ4v) is 6.57. The van der Waals surface area contributed by atoms with Crippen molar-refractivity contribution in [1.82, 2.24) is 9.13 Å². The fraction of sp³-hybridized carbons (Fsp3) is 0. The van der Waals surface area contributed by atoms with E-state index in [4.69, 9.17) is 0 Å². The molecule has 0 aliphatic rings. The summed E-state index contributed by atoms with van der Waals surface area (Å²) in [6.07, 6.45) is 0. The van der Waals surface area contributed by atoms with Crippen LogP contribution in [-0.4, -0.2) is 9.13 Å². The number of rotatable bonds is 4. The third-order valence-electron chi connectivity index (χ3n) is 7.99. The maximum absolute atomic E-state index is 3.86. The molecule has 8 rings (SSSR count). The molecule has 0 saturated carbocycles. The highest BCUT2D eigenvalue weighted by Gasteiger charge is 2.18. The van der Waals surface area contributed by atoms with Crippen LogP contribution >= 0.6 is 15.9 Å². The first-order valence-electron chi connectivity index (χ1n) is 13.8. The minimum absolute atomic E-state index is 1.06. The molecule has 2 aromatic heterocycles. The van der Waals surface area contributed by atoms with Gasteiger partial charge in [0.05, 0.1) is 27.9 Å².